The second-order valence-corrected chi connectivity index (χ2v) is 5.01. The van der Waals surface area contributed by atoms with Gasteiger partial charge in [-0.05, 0) is 37.1 Å². The van der Waals surface area contributed by atoms with Crippen molar-refractivity contribution in [3.05, 3.63) is 27.7 Å². The minimum absolute atomic E-state index is 0.226. The van der Waals surface area contributed by atoms with Crippen molar-refractivity contribution >= 4 is 26.2 Å². The van der Waals surface area contributed by atoms with Crippen LogP contribution in [0.4, 0.5) is 3.89 Å². The van der Waals surface area contributed by atoms with E-state index in [0.29, 0.717) is 11.1 Å². The lowest BCUT2D eigenvalue weighted by Gasteiger charge is -2.05. The zero-order valence-electron chi connectivity index (χ0n) is 7.14. The molecule has 0 amide bonds. The van der Waals surface area contributed by atoms with Gasteiger partial charge in [-0.2, -0.15) is 8.42 Å². The van der Waals surface area contributed by atoms with Crippen molar-refractivity contribution in [1.29, 1.82) is 0 Å². The Morgan fingerprint density at radius 3 is 1.92 bits per heavy atom. The predicted molar refractivity (Wildman–Crippen MR) is 51.9 cm³/mol. The molecular weight excluding hydrogens is 259 g/mol. The van der Waals surface area contributed by atoms with Gasteiger partial charge in [0, 0.05) is 4.47 Å². The summed E-state index contributed by atoms with van der Waals surface area (Å²) in [6, 6.07) is 3.14. The molecule has 0 bridgehead atoms. The fourth-order valence-electron chi connectivity index (χ4n) is 1.28. The number of halogens is 2. The SMILES string of the molecule is Cc1cc(Br)cc(C)c1S(=O)(=O)F. The number of benzene rings is 1. The van der Waals surface area contributed by atoms with Crippen LogP contribution < -0.4 is 0 Å². The molecular formula is C8H8BrFO2S. The van der Waals surface area contributed by atoms with E-state index in [1.165, 1.54) is 0 Å². The minimum atomic E-state index is -4.60. The average molecular weight is 267 g/mol. The molecule has 0 spiro atoms. The van der Waals surface area contributed by atoms with E-state index in [9.17, 15) is 12.3 Å². The Morgan fingerprint density at radius 2 is 1.62 bits per heavy atom. The van der Waals surface area contributed by atoms with Crippen LogP contribution in [-0.2, 0) is 10.2 Å². The first kappa shape index (κ1) is 10.7. The topological polar surface area (TPSA) is 34.1 Å². The molecule has 0 heterocycles. The molecule has 13 heavy (non-hydrogen) atoms. The monoisotopic (exact) mass is 266 g/mol. The molecule has 5 heteroatoms. The third kappa shape index (κ3) is 2.28. The molecule has 0 fully saturated rings. The summed E-state index contributed by atoms with van der Waals surface area (Å²) in [6.07, 6.45) is 0. The highest BCUT2D eigenvalue weighted by Gasteiger charge is 2.18. The standard InChI is InChI=1S/C8H8BrFO2S/c1-5-3-7(9)4-6(2)8(5)13(10,11)12/h3-4H,1-2H3. The van der Waals surface area contributed by atoms with Gasteiger partial charge in [0.25, 0.3) is 0 Å². The van der Waals surface area contributed by atoms with Crippen molar-refractivity contribution in [3.8, 4) is 0 Å². The Bertz CT molecular complexity index is 416. The van der Waals surface area contributed by atoms with Crippen molar-refractivity contribution < 1.29 is 12.3 Å². The largest absolute Gasteiger partial charge is 0.332 e. The zero-order valence-corrected chi connectivity index (χ0v) is 9.54. The molecule has 72 valence electrons. The number of aryl methyl sites for hydroxylation is 2. The predicted octanol–water partition coefficient (Wildman–Crippen LogP) is 2.72. The number of rotatable bonds is 1. The van der Waals surface area contributed by atoms with Crippen LogP contribution in [0.25, 0.3) is 0 Å². The minimum Gasteiger partial charge on any atom is -0.189 e. The summed E-state index contributed by atoms with van der Waals surface area (Å²) in [4.78, 5) is -0.226. The lowest BCUT2D eigenvalue weighted by Crippen LogP contribution is -1.99. The van der Waals surface area contributed by atoms with Gasteiger partial charge in [0.15, 0.2) is 0 Å². The Hall–Kier alpha value is -0.420. The highest BCUT2D eigenvalue weighted by atomic mass is 79.9. The van der Waals surface area contributed by atoms with Crippen molar-refractivity contribution in [1.82, 2.24) is 0 Å². The van der Waals surface area contributed by atoms with Crippen LogP contribution in [-0.4, -0.2) is 8.42 Å². The number of hydrogen-bond acceptors (Lipinski definition) is 2. The van der Waals surface area contributed by atoms with E-state index >= 15 is 0 Å². The van der Waals surface area contributed by atoms with E-state index < -0.39 is 10.2 Å². The van der Waals surface area contributed by atoms with Crippen molar-refractivity contribution in [2.75, 3.05) is 0 Å². The lowest BCUT2D eigenvalue weighted by atomic mass is 10.2. The third-order valence-corrected chi connectivity index (χ3v) is 3.26. The van der Waals surface area contributed by atoms with E-state index in [4.69, 9.17) is 0 Å². The fraction of sp³-hybridized carbons (Fsp3) is 0.250. The van der Waals surface area contributed by atoms with E-state index in [2.05, 4.69) is 15.9 Å². The van der Waals surface area contributed by atoms with Crippen molar-refractivity contribution in [3.63, 3.8) is 0 Å². The molecule has 0 saturated carbocycles. The maximum Gasteiger partial charge on any atom is 0.332 e. The second kappa shape index (κ2) is 3.38. The van der Waals surface area contributed by atoms with Gasteiger partial charge in [-0.15, -0.1) is 3.89 Å². The Morgan fingerprint density at radius 1 is 1.23 bits per heavy atom. The van der Waals surface area contributed by atoms with Crippen LogP contribution in [0, 0.1) is 13.8 Å². The molecule has 0 atom stereocenters. The van der Waals surface area contributed by atoms with Gasteiger partial charge < -0.3 is 0 Å². The quantitative estimate of drug-likeness (QED) is 0.733. The van der Waals surface area contributed by atoms with Crippen molar-refractivity contribution in [2.24, 2.45) is 0 Å². The maximum absolute atomic E-state index is 12.7. The summed E-state index contributed by atoms with van der Waals surface area (Å²) >= 11 is 3.20. The summed E-state index contributed by atoms with van der Waals surface area (Å²) in [5.74, 6) is 0. The van der Waals surface area contributed by atoms with Gasteiger partial charge in [0.1, 0.15) is 4.90 Å². The molecule has 1 aromatic carbocycles. The zero-order chi connectivity index (χ0) is 10.2. The van der Waals surface area contributed by atoms with Gasteiger partial charge in [0.2, 0.25) is 0 Å². The molecule has 0 N–H and O–H groups in total. The van der Waals surface area contributed by atoms with Crippen LogP contribution >= 0.6 is 15.9 Å². The van der Waals surface area contributed by atoms with Gasteiger partial charge in [-0.25, -0.2) is 0 Å². The molecule has 0 radical (unpaired) electrons. The second-order valence-electron chi connectivity index (χ2n) is 2.81. The molecule has 2 nitrogen and oxygen atoms in total. The van der Waals surface area contributed by atoms with Gasteiger partial charge in [-0.3, -0.25) is 0 Å². The summed E-state index contributed by atoms with van der Waals surface area (Å²) in [6.45, 7) is 3.12. The first-order chi connectivity index (χ1) is 5.82. The van der Waals surface area contributed by atoms with Crippen LogP contribution in [0.2, 0.25) is 0 Å². The summed E-state index contributed by atoms with van der Waals surface area (Å²) in [5.41, 5.74) is 0.823. The molecule has 0 aliphatic heterocycles. The number of hydrogen-bond donors (Lipinski definition) is 0. The lowest BCUT2D eigenvalue weighted by molar-refractivity contribution is 0.550. The van der Waals surface area contributed by atoms with E-state index in [1.807, 2.05) is 0 Å². The van der Waals surface area contributed by atoms with Crippen LogP contribution in [0.1, 0.15) is 11.1 Å². The summed E-state index contributed by atoms with van der Waals surface area (Å²) in [7, 11) is -4.60. The van der Waals surface area contributed by atoms with Crippen molar-refractivity contribution in [2.45, 2.75) is 18.7 Å². The average Bonchev–Trinajstić information content (AvgIpc) is 1.78. The Labute approximate surface area is 85.1 Å². The summed E-state index contributed by atoms with van der Waals surface area (Å²) in [5, 5.41) is 0. The van der Waals surface area contributed by atoms with Gasteiger partial charge >= 0.3 is 10.2 Å². The highest BCUT2D eigenvalue weighted by Crippen LogP contribution is 2.25. The molecule has 0 saturated heterocycles. The third-order valence-electron chi connectivity index (χ3n) is 1.67. The van der Waals surface area contributed by atoms with E-state index in [0.717, 1.165) is 4.47 Å². The van der Waals surface area contributed by atoms with Crippen LogP contribution in [0.3, 0.4) is 0 Å². The Balaban J connectivity index is 3.57. The normalized spacial score (nSPS) is 11.7. The first-order valence-electron chi connectivity index (χ1n) is 3.54. The molecule has 1 rings (SSSR count). The molecule has 0 aromatic heterocycles. The Kier molecular flexibility index (Phi) is 2.77. The molecule has 0 unspecified atom stereocenters. The smallest absolute Gasteiger partial charge is 0.189 e. The van der Waals surface area contributed by atoms with Gasteiger partial charge in [-0.1, -0.05) is 15.9 Å². The molecule has 0 aliphatic carbocycles. The molecule has 1 aromatic rings. The molecule has 0 aliphatic rings. The fourth-order valence-corrected chi connectivity index (χ4v) is 2.86. The first-order valence-corrected chi connectivity index (χ1v) is 5.71. The van der Waals surface area contributed by atoms with Crippen LogP contribution in [0.5, 0.6) is 0 Å². The van der Waals surface area contributed by atoms with E-state index in [-0.39, 0.29) is 4.90 Å². The highest BCUT2D eigenvalue weighted by molar-refractivity contribution is 9.10. The van der Waals surface area contributed by atoms with Gasteiger partial charge in [0.05, 0.1) is 0 Å². The van der Waals surface area contributed by atoms with E-state index in [1.54, 1.807) is 26.0 Å². The van der Waals surface area contributed by atoms with Crippen LogP contribution in [0.15, 0.2) is 21.5 Å². The maximum atomic E-state index is 12.7. The summed E-state index contributed by atoms with van der Waals surface area (Å²) < 4.78 is 34.9.